The molecule has 8 heteroatoms. The Morgan fingerprint density at radius 2 is 2.05 bits per heavy atom. The number of rotatable bonds is 4. The molecule has 0 radical (unpaired) electrons. The van der Waals surface area contributed by atoms with Gasteiger partial charge in [0.1, 0.15) is 5.58 Å². The van der Waals surface area contributed by atoms with E-state index in [0.717, 1.165) is 11.0 Å². The van der Waals surface area contributed by atoms with Crippen molar-refractivity contribution in [3.05, 3.63) is 42.0 Å². The lowest BCUT2D eigenvalue weighted by molar-refractivity contribution is 0.389. The second-order valence-corrected chi connectivity index (χ2v) is 5.47. The topological polar surface area (TPSA) is 91.0 Å². The van der Waals surface area contributed by atoms with E-state index < -0.39 is 0 Å². The molecule has 4 aromatic rings. The Labute approximate surface area is 128 Å². The predicted molar refractivity (Wildman–Crippen MR) is 78.1 cm³/mol. The number of benzene rings is 1. The van der Waals surface area contributed by atoms with E-state index in [1.165, 1.54) is 11.8 Å². The van der Waals surface area contributed by atoms with E-state index in [1.807, 2.05) is 30.3 Å². The van der Waals surface area contributed by atoms with Crippen LogP contribution in [0.3, 0.4) is 0 Å². The van der Waals surface area contributed by atoms with E-state index in [1.54, 1.807) is 6.92 Å². The van der Waals surface area contributed by atoms with Crippen molar-refractivity contribution in [1.82, 2.24) is 20.3 Å². The molecule has 0 fully saturated rings. The van der Waals surface area contributed by atoms with Gasteiger partial charge >= 0.3 is 0 Å². The third-order valence-electron chi connectivity index (χ3n) is 2.94. The van der Waals surface area contributed by atoms with Crippen LogP contribution in [0.15, 0.2) is 48.9 Å². The summed E-state index contributed by atoms with van der Waals surface area (Å²) in [7, 11) is 0. The van der Waals surface area contributed by atoms with E-state index in [0.29, 0.717) is 34.3 Å². The number of furan rings is 1. The van der Waals surface area contributed by atoms with Crippen molar-refractivity contribution >= 4 is 22.7 Å². The molecule has 7 nitrogen and oxygen atoms in total. The van der Waals surface area contributed by atoms with E-state index >= 15 is 0 Å². The van der Waals surface area contributed by atoms with Crippen molar-refractivity contribution < 1.29 is 13.4 Å². The third kappa shape index (κ3) is 2.48. The zero-order chi connectivity index (χ0) is 14.9. The average Bonchev–Trinajstić information content (AvgIpc) is 3.23. The van der Waals surface area contributed by atoms with Crippen LogP contribution in [0, 0.1) is 6.92 Å². The average molecular weight is 314 g/mol. The highest BCUT2D eigenvalue weighted by Crippen LogP contribution is 2.29. The Hall–Kier alpha value is -2.61. The molecule has 22 heavy (non-hydrogen) atoms. The summed E-state index contributed by atoms with van der Waals surface area (Å²) in [6, 6.07) is 9.59. The van der Waals surface area contributed by atoms with Gasteiger partial charge < -0.3 is 13.4 Å². The van der Waals surface area contributed by atoms with Crippen molar-refractivity contribution in [2.75, 3.05) is 0 Å². The molecule has 0 amide bonds. The molecule has 1 aromatic carbocycles. The number of para-hydroxylation sites is 1. The summed E-state index contributed by atoms with van der Waals surface area (Å²) in [6.45, 7) is 1.74. The van der Waals surface area contributed by atoms with Gasteiger partial charge in [0, 0.05) is 12.3 Å². The molecule has 0 aliphatic heterocycles. The Morgan fingerprint density at radius 1 is 1.14 bits per heavy atom. The van der Waals surface area contributed by atoms with Gasteiger partial charge in [0.25, 0.3) is 11.1 Å². The number of aromatic nitrogens is 4. The third-order valence-corrected chi connectivity index (χ3v) is 3.75. The maximum Gasteiger partial charge on any atom is 0.284 e. The van der Waals surface area contributed by atoms with Crippen molar-refractivity contribution in [3.63, 3.8) is 0 Å². The van der Waals surface area contributed by atoms with Crippen LogP contribution in [0.2, 0.25) is 0 Å². The molecule has 0 atom stereocenters. The first kappa shape index (κ1) is 13.1. The maximum absolute atomic E-state index is 5.69. The molecular formula is C14H10N4O3S. The minimum atomic E-state index is 0.350. The highest BCUT2D eigenvalue weighted by molar-refractivity contribution is 7.98. The minimum absolute atomic E-state index is 0.350. The fourth-order valence-corrected chi connectivity index (χ4v) is 2.59. The number of fused-ring (bicyclic) bond motifs is 1. The van der Waals surface area contributed by atoms with E-state index in [2.05, 4.69) is 20.3 Å². The molecule has 0 unspecified atom stereocenters. The summed E-state index contributed by atoms with van der Waals surface area (Å²) in [6.07, 6.45) is 0. The van der Waals surface area contributed by atoms with Crippen LogP contribution in [0.25, 0.3) is 22.6 Å². The van der Waals surface area contributed by atoms with Crippen molar-refractivity contribution in [1.29, 1.82) is 0 Å². The number of hydrogen-bond donors (Lipinski definition) is 0. The zero-order valence-corrected chi connectivity index (χ0v) is 12.3. The number of thioether (sulfide) groups is 1. The van der Waals surface area contributed by atoms with E-state index in [4.69, 9.17) is 13.4 Å². The van der Waals surface area contributed by atoms with Crippen LogP contribution >= 0.6 is 11.8 Å². The van der Waals surface area contributed by atoms with Crippen molar-refractivity contribution in [2.24, 2.45) is 0 Å². The normalized spacial score (nSPS) is 11.3. The molecule has 0 aliphatic carbocycles. The summed E-state index contributed by atoms with van der Waals surface area (Å²) >= 11 is 1.34. The van der Waals surface area contributed by atoms with Gasteiger partial charge in [-0.2, -0.15) is 4.98 Å². The van der Waals surface area contributed by atoms with E-state index in [-0.39, 0.29) is 0 Å². The highest BCUT2D eigenvalue weighted by atomic mass is 32.2. The maximum atomic E-state index is 5.69. The summed E-state index contributed by atoms with van der Waals surface area (Å²) in [5, 5.41) is 13.2. The van der Waals surface area contributed by atoms with E-state index in [9.17, 15) is 0 Å². The molecule has 0 aliphatic rings. The Balaban J connectivity index is 1.53. The van der Waals surface area contributed by atoms with Gasteiger partial charge in [-0.3, -0.25) is 0 Å². The molecule has 0 N–H and O–H groups in total. The highest BCUT2D eigenvalue weighted by Gasteiger charge is 2.14. The van der Waals surface area contributed by atoms with Crippen LogP contribution in [-0.4, -0.2) is 20.3 Å². The molecule has 3 aromatic heterocycles. The van der Waals surface area contributed by atoms with Gasteiger partial charge in [-0.1, -0.05) is 35.1 Å². The summed E-state index contributed by atoms with van der Waals surface area (Å²) < 4.78 is 16.2. The number of nitrogens with zero attached hydrogens (tertiary/aromatic N) is 4. The van der Waals surface area contributed by atoms with Gasteiger partial charge in [0.2, 0.25) is 5.89 Å². The monoisotopic (exact) mass is 314 g/mol. The van der Waals surface area contributed by atoms with Gasteiger partial charge in [-0.05, 0) is 12.1 Å². The van der Waals surface area contributed by atoms with Crippen molar-refractivity contribution in [3.8, 4) is 11.7 Å². The lowest BCUT2D eigenvalue weighted by Gasteiger charge is -1.89. The SMILES string of the molecule is Cc1nc(CSc2nnc(-c3cc4ccccc4o3)o2)no1. The number of hydrogen-bond acceptors (Lipinski definition) is 8. The van der Waals surface area contributed by atoms with Crippen molar-refractivity contribution in [2.45, 2.75) is 17.9 Å². The molecular weight excluding hydrogens is 304 g/mol. The Bertz CT molecular complexity index is 894. The second-order valence-electron chi connectivity index (χ2n) is 4.54. The standard InChI is InChI=1S/C14H10N4O3S/c1-8-15-12(18-21-8)7-22-14-17-16-13(20-14)11-6-9-4-2-3-5-10(9)19-11/h2-6H,7H2,1H3. The fourth-order valence-electron chi connectivity index (χ4n) is 1.98. The Morgan fingerprint density at radius 3 is 2.86 bits per heavy atom. The first-order valence-electron chi connectivity index (χ1n) is 6.52. The molecule has 0 bridgehead atoms. The lowest BCUT2D eigenvalue weighted by atomic mass is 10.2. The Kier molecular flexibility index (Phi) is 3.15. The molecule has 4 rings (SSSR count). The smallest absolute Gasteiger partial charge is 0.284 e. The minimum Gasteiger partial charge on any atom is -0.451 e. The van der Waals surface area contributed by atoms with Crippen LogP contribution < -0.4 is 0 Å². The molecule has 0 saturated carbocycles. The van der Waals surface area contributed by atoms with Crippen LogP contribution in [0.1, 0.15) is 11.7 Å². The second kappa shape index (κ2) is 5.30. The van der Waals surface area contributed by atoms with Gasteiger partial charge in [0.05, 0.1) is 5.75 Å². The van der Waals surface area contributed by atoms with Crippen LogP contribution in [0.5, 0.6) is 0 Å². The molecule has 110 valence electrons. The molecule has 0 spiro atoms. The van der Waals surface area contributed by atoms with Crippen LogP contribution in [0.4, 0.5) is 0 Å². The zero-order valence-electron chi connectivity index (χ0n) is 11.5. The fraction of sp³-hybridized carbons (Fsp3) is 0.143. The van der Waals surface area contributed by atoms with Gasteiger partial charge in [-0.15, -0.1) is 10.2 Å². The lowest BCUT2D eigenvalue weighted by Crippen LogP contribution is -1.83. The first-order valence-corrected chi connectivity index (χ1v) is 7.51. The quantitative estimate of drug-likeness (QED) is 0.529. The largest absolute Gasteiger partial charge is 0.451 e. The van der Waals surface area contributed by atoms with Crippen LogP contribution in [-0.2, 0) is 5.75 Å². The summed E-state index contributed by atoms with van der Waals surface area (Å²) in [4.78, 5) is 4.11. The van der Waals surface area contributed by atoms with Gasteiger partial charge in [-0.25, -0.2) is 0 Å². The first-order chi connectivity index (χ1) is 10.8. The molecule has 0 saturated heterocycles. The summed E-state index contributed by atoms with van der Waals surface area (Å²) in [5.74, 6) is 2.52. The predicted octanol–water partition coefficient (Wildman–Crippen LogP) is 3.47. The summed E-state index contributed by atoms with van der Waals surface area (Å²) in [5.41, 5.74) is 0.784. The number of aryl methyl sites for hydroxylation is 1. The van der Waals surface area contributed by atoms with Gasteiger partial charge in [0.15, 0.2) is 11.6 Å². The molecule has 3 heterocycles.